The van der Waals surface area contributed by atoms with Crippen molar-refractivity contribution >= 4 is 17.4 Å². The highest BCUT2D eigenvalue weighted by Gasteiger charge is 2.05. The van der Waals surface area contributed by atoms with Crippen molar-refractivity contribution < 1.29 is 9.13 Å². The van der Waals surface area contributed by atoms with Gasteiger partial charge in [-0.3, -0.25) is 0 Å². The van der Waals surface area contributed by atoms with E-state index in [2.05, 4.69) is 15.3 Å². The van der Waals surface area contributed by atoms with Crippen LogP contribution in [-0.4, -0.2) is 17.1 Å². The number of nitrogens with zero attached hydrogens (tertiary/aromatic N) is 2. The van der Waals surface area contributed by atoms with Gasteiger partial charge in [0.15, 0.2) is 0 Å². The molecule has 0 saturated carbocycles. The number of hydrogen-bond donors (Lipinski definition) is 1. The number of rotatable bonds is 5. The summed E-state index contributed by atoms with van der Waals surface area (Å²) in [6.45, 7) is 0.738. The molecule has 1 heterocycles. The van der Waals surface area contributed by atoms with Gasteiger partial charge in [0.2, 0.25) is 0 Å². The highest BCUT2D eigenvalue weighted by molar-refractivity contribution is 6.32. The first-order valence-electron chi connectivity index (χ1n) is 5.66. The quantitative estimate of drug-likeness (QED) is 0.915. The van der Waals surface area contributed by atoms with Crippen LogP contribution in [0.25, 0.3) is 0 Å². The van der Waals surface area contributed by atoms with Crippen LogP contribution in [0.4, 0.5) is 10.2 Å². The summed E-state index contributed by atoms with van der Waals surface area (Å²) in [5.74, 6) is 0.278. The lowest BCUT2D eigenvalue weighted by Gasteiger charge is -2.09. The third-order valence-corrected chi connectivity index (χ3v) is 2.81. The highest BCUT2D eigenvalue weighted by Crippen LogP contribution is 2.18. The fourth-order valence-corrected chi connectivity index (χ4v) is 1.80. The summed E-state index contributed by atoms with van der Waals surface area (Å²) in [7, 11) is 1.53. The summed E-state index contributed by atoms with van der Waals surface area (Å²) in [4.78, 5) is 7.82. The minimum atomic E-state index is -0.273. The Morgan fingerprint density at radius 3 is 3.00 bits per heavy atom. The number of hydrogen-bond acceptors (Lipinski definition) is 4. The smallest absolute Gasteiger partial charge is 0.148 e. The normalized spacial score (nSPS) is 10.5. The number of methoxy groups -OCH3 is 1. The molecule has 0 spiro atoms. The van der Waals surface area contributed by atoms with Gasteiger partial charge in [-0.2, -0.15) is 0 Å². The second-order valence-electron chi connectivity index (χ2n) is 3.93. The minimum Gasteiger partial charge on any atom is -0.380 e. The average Bonchev–Trinajstić information content (AvgIpc) is 2.41. The van der Waals surface area contributed by atoms with Gasteiger partial charge in [-0.05, 0) is 17.7 Å². The van der Waals surface area contributed by atoms with Gasteiger partial charge in [0.25, 0.3) is 0 Å². The summed E-state index contributed by atoms with van der Waals surface area (Å²) in [5, 5.41) is 3.52. The SMILES string of the molecule is COCc1cc(CNc2ncncc2Cl)ccc1F. The summed E-state index contributed by atoms with van der Waals surface area (Å²) >= 11 is 5.93. The first kappa shape index (κ1) is 13.7. The van der Waals surface area contributed by atoms with Crippen LogP contribution in [-0.2, 0) is 17.9 Å². The Balaban J connectivity index is 2.07. The molecule has 0 saturated heterocycles. The van der Waals surface area contributed by atoms with Crippen LogP contribution in [0, 0.1) is 5.82 Å². The molecule has 4 nitrogen and oxygen atoms in total. The van der Waals surface area contributed by atoms with E-state index in [1.165, 1.54) is 25.7 Å². The van der Waals surface area contributed by atoms with E-state index in [4.69, 9.17) is 16.3 Å². The lowest BCUT2D eigenvalue weighted by Crippen LogP contribution is -2.03. The summed E-state index contributed by atoms with van der Waals surface area (Å²) < 4.78 is 18.4. The molecule has 100 valence electrons. The Kier molecular flexibility index (Phi) is 4.65. The van der Waals surface area contributed by atoms with E-state index in [-0.39, 0.29) is 12.4 Å². The molecule has 1 N–H and O–H groups in total. The number of aromatic nitrogens is 2. The molecule has 2 rings (SSSR count). The van der Waals surface area contributed by atoms with Gasteiger partial charge in [0.05, 0.1) is 12.8 Å². The van der Waals surface area contributed by atoms with Gasteiger partial charge in [0.1, 0.15) is 23.0 Å². The van der Waals surface area contributed by atoms with E-state index in [0.29, 0.717) is 22.9 Å². The second-order valence-corrected chi connectivity index (χ2v) is 4.34. The predicted octanol–water partition coefficient (Wildman–Crippen LogP) is 3.03. The molecular weight excluding hydrogens is 269 g/mol. The third kappa shape index (κ3) is 3.62. The van der Waals surface area contributed by atoms with Gasteiger partial charge in [-0.1, -0.05) is 17.7 Å². The van der Waals surface area contributed by atoms with E-state index in [1.807, 2.05) is 0 Å². The van der Waals surface area contributed by atoms with Crippen LogP contribution >= 0.6 is 11.6 Å². The van der Waals surface area contributed by atoms with E-state index in [1.54, 1.807) is 12.1 Å². The summed E-state index contributed by atoms with van der Waals surface area (Å²) in [6, 6.07) is 4.88. The molecule has 6 heteroatoms. The van der Waals surface area contributed by atoms with E-state index in [9.17, 15) is 4.39 Å². The molecule has 0 fully saturated rings. The maximum atomic E-state index is 13.4. The van der Waals surface area contributed by atoms with Gasteiger partial charge in [-0.15, -0.1) is 0 Å². The molecule has 0 aliphatic carbocycles. The third-order valence-electron chi connectivity index (χ3n) is 2.54. The minimum absolute atomic E-state index is 0.244. The predicted molar refractivity (Wildman–Crippen MR) is 71.5 cm³/mol. The maximum Gasteiger partial charge on any atom is 0.148 e. The molecule has 0 bridgehead atoms. The molecule has 1 aromatic carbocycles. The van der Waals surface area contributed by atoms with Crippen LogP contribution in [0.2, 0.25) is 5.02 Å². The van der Waals surface area contributed by atoms with Crippen molar-refractivity contribution in [1.29, 1.82) is 0 Å². The Morgan fingerprint density at radius 1 is 1.42 bits per heavy atom. The van der Waals surface area contributed by atoms with Gasteiger partial charge >= 0.3 is 0 Å². The molecule has 0 aliphatic heterocycles. The molecule has 19 heavy (non-hydrogen) atoms. The largest absolute Gasteiger partial charge is 0.380 e. The second kappa shape index (κ2) is 6.45. The van der Waals surface area contributed by atoms with Gasteiger partial charge < -0.3 is 10.1 Å². The standard InChI is InChI=1S/C13H13ClFN3O/c1-19-7-10-4-9(2-3-12(10)15)5-17-13-11(14)6-16-8-18-13/h2-4,6,8H,5,7H2,1H3,(H,16,17,18). The Hall–Kier alpha value is -1.72. The molecule has 0 atom stereocenters. The number of ether oxygens (including phenoxy) is 1. The fourth-order valence-electron chi connectivity index (χ4n) is 1.63. The zero-order valence-electron chi connectivity index (χ0n) is 10.4. The number of halogens is 2. The topological polar surface area (TPSA) is 47.0 Å². The fraction of sp³-hybridized carbons (Fsp3) is 0.231. The Bertz CT molecular complexity index is 565. The first-order chi connectivity index (χ1) is 9.20. The zero-order chi connectivity index (χ0) is 13.7. The lowest BCUT2D eigenvalue weighted by molar-refractivity contribution is 0.181. The van der Waals surface area contributed by atoms with Gasteiger partial charge in [0, 0.05) is 19.2 Å². The molecule has 0 radical (unpaired) electrons. The first-order valence-corrected chi connectivity index (χ1v) is 6.04. The average molecular weight is 282 g/mol. The lowest BCUT2D eigenvalue weighted by atomic mass is 10.1. The maximum absolute atomic E-state index is 13.4. The number of anilines is 1. The van der Waals surface area contributed by atoms with Crippen LogP contribution in [0.1, 0.15) is 11.1 Å². The summed E-state index contributed by atoms with van der Waals surface area (Å²) in [6.07, 6.45) is 2.92. The molecule has 0 amide bonds. The zero-order valence-corrected chi connectivity index (χ0v) is 11.1. The van der Waals surface area contributed by atoms with Crippen molar-refractivity contribution in [3.05, 3.63) is 52.7 Å². The Labute approximate surface area is 115 Å². The molecule has 2 aromatic rings. The number of nitrogens with one attached hydrogen (secondary N) is 1. The highest BCUT2D eigenvalue weighted by atomic mass is 35.5. The molecule has 1 aromatic heterocycles. The molecule has 0 aliphatic rings. The monoisotopic (exact) mass is 281 g/mol. The van der Waals surface area contributed by atoms with Crippen LogP contribution in [0.15, 0.2) is 30.7 Å². The van der Waals surface area contributed by atoms with Crippen molar-refractivity contribution in [1.82, 2.24) is 9.97 Å². The molecular formula is C13H13ClFN3O. The van der Waals surface area contributed by atoms with Crippen molar-refractivity contribution in [2.75, 3.05) is 12.4 Å². The van der Waals surface area contributed by atoms with Crippen molar-refractivity contribution in [2.45, 2.75) is 13.2 Å². The van der Waals surface area contributed by atoms with E-state index < -0.39 is 0 Å². The van der Waals surface area contributed by atoms with E-state index >= 15 is 0 Å². The summed E-state index contributed by atoms with van der Waals surface area (Å²) in [5.41, 5.74) is 1.44. The van der Waals surface area contributed by atoms with Crippen molar-refractivity contribution in [3.63, 3.8) is 0 Å². The Morgan fingerprint density at radius 2 is 2.26 bits per heavy atom. The van der Waals surface area contributed by atoms with Gasteiger partial charge in [-0.25, -0.2) is 14.4 Å². The molecule has 0 unspecified atom stereocenters. The van der Waals surface area contributed by atoms with Crippen LogP contribution in [0.5, 0.6) is 0 Å². The van der Waals surface area contributed by atoms with E-state index in [0.717, 1.165) is 5.56 Å². The van der Waals surface area contributed by atoms with Crippen LogP contribution in [0.3, 0.4) is 0 Å². The van der Waals surface area contributed by atoms with Crippen molar-refractivity contribution in [2.24, 2.45) is 0 Å². The van der Waals surface area contributed by atoms with Crippen molar-refractivity contribution in [3.8, 4) is 0 Å². The van der Waals surface area contributed by atoms with Crippen LogP contribution < -0.4 is 5.32 Å². The number of benzene rings is 1.